The Hall–Kier alpha value is -1.96. The third-order valence-corrected chi connectivity index (χ3v) is 6.82. The number of hydrogen-bond donors (Lipinski definition) is 0. The molecule has 0 fully saturated rings. The average molecular weight is 473 g/mol. The van der Waals surface area contributed by atoms with Crippen molar-refractivity contribution in [1.82, 2.24) is 9.21 Å². The summed E-state index contributed by atoms with van der Waals surface area (Å²) in [6, 6.07) is 14.1. The Labute approximate surface area is 182 Å². The smallest absolute Gasteiger partial charge is 0.227 e. The lowest BCUT2D eigenvalue weighted by Gasteiger charge is -2.23. The van der Waals surface area contributed by atoms with Gasteiger partial charge in [-0.2, -0.15) is 0 Å². The van der Waals surface area contributed by atoms with Gasteiger partial charge in [0.25, 0.3) is 0 Å². The summed E-state index contributed by atoms with van der Waals surface area (Å²) in [6.07, 6.45) is 0.454. The van der Waals surface area contributed by atoms with Gasteiger partial charge in [0.1, 0.15) is 13.2 Å². The summed E-state index contributed by atoms with van der Waals surface area (Å²) in [7, 11) is 0. The van der Waals surface area contributed by atoms with Crippen molar-refractivity contribution in [1.29, 1.82) is 0 Å². The van der Waals surface area contributed by atoms with Gasteiger partial charge in [-0.05, 0) is 59.0 Å². The minimum absolute atomic E-state index is 0.198. The molecule has 2 aromatic carbocycles. The van der Waals surface area contributed by atoms with Crippen LogP contribution in [0.25, 0.3) is 0 Å². The molecule has 0 bridgehead atoms. The molecule has 3 aliphatic heterocycles. The molecule has 150 valence electrons. The van der Waals surface area contributed by atoms with E-state index in [0.29, 0.717) is 19.6 Å². The number of carbonyl (C=O) groups excluding carboxylic acids is 1. The van der Waals surface area contributed by atoms with E-state index >= 15 is 0 Å². The fourth-order valence-corrected chi connectivity index (χ4v) is 5.42. The quantitative estimate of drug-likeness (QED) is 0.498. The molecule has 1 amide bonds. The Kier molecular flexibility index (Phi) is 5.28. The summed E-state index contributed by atoms with van der Waals surface area (Å²) in [5.41, 5.74) is 3.82. The van der Waals surface area contributed by atoms with E-state index in [-0.39, 0.29) is 5.91 Å². The number of benzene rings is 2. The second-order valence-corrected chi connectivity index (χ2v) is 9.54. The second-order valence-electron chi connectivity index (χ2n) is 7.46. The van der Waals surface area contributed by atoms with Crippen LogP contribution in [-0.2, 0) is 11.2 Å². The number of carbonyl (C=O) groups is 1. The van der Waals surface area contributed by atoms with Crippen molar-refractivity contribution in [2.24, 2.45) is 0 Å². The Balaban J connectivity index is 1.16. The first-order valence-corrected chi connectivity index (χ1v) is 11.3. The monoisotopic (exact) mass is 472 g/mol. The van der Waals surface area contributed by atoms with Crippen molar-refractivity contribution >= 4 is 33.8 Å². The summed E-state index contributed by atoms with van der Waals surface area (Å²) >= 11 is 5.22. The number of halogens is 1. The van der Waals surface area contributed by atoms with E-state index in [4.69, 9.17) is 9.47 Å². The van der Waals surface area contributed by atoms with Gasteiger partial charge in [-0.3, -0.25) is 4.79 Å². The van der Waals surface area contributed by atoms with Gasteiger partial charge >= 0.3 is 0 Å². The predicted octanol–water partition coefficient (Wildman–Crippen LogP) is 3.92. The van der Waals surface area contributed by atoms with E-state index in [1.165, 1.54) is 11.1 Å². The number of rotatable bonds is 4. The zero-order valence-electron chi connectivity index (χ0n) is 15.9. The van der Waals surface area contributed by atoms with Crippen molar-refractivity contribution in [3.63, 3.8) is 0 Å². The van der Waals surface area contributed by atoms with E-state index < -0.39 is 0 Å². The molecule has 29 heavy (non-hydrogen) atoms. The number of ether oxygens (including phenoxy) is 2. The zero-order valence-corrected chi connectivity index (χ0v) is 18.3. The molecule has 0 saturated heterocycles. The molecule has 0 N–H and O–H groups in total. The number of nitrogens with zero attached hydrogens (tertiary/aromatic N) is 2. The minimum atomic E-state index is 0.198. The third-order valence-electron chi connectivity index (χ3n) is 5.34. The van der Waals surface area contributed by atoms with Gasteiger partial charge in [-0.25, -0.2) is 4.31 Å². The minimum Gasteiger partial charge on any atom is -0.486 e. The zero-order chi connectivity index (χ0) is 19.8. The Morgan fingerprint density at radius 1 is 0.966 bits per heavy atom. The van der Waals surface area contributed by atoms with E-state index in [9.17, 15) is 4.79 Å². The fraction of sp³-hybridized carbons (Fsp3) is 0.318. The molecule has 5 nitrogen and oxygen atoms in total. The van der Waals surface area contributed by atoms with Crippen molar-refractivity contribution < 1.29 is 14.3 Å². The highest BCUT2D eigenvalue weighted by Gasteiger charge is 2.32. The van der Waals surface area contributed by atoms with Gasteiger partial charge in [0.2, 0.25) is 5.91 Å². The molecule has 7 heteroatoms. The normalized spacial score (nSPS) is 18.3. The van der Waals surface area contributed by atoms with Gasteiger partial charge < -0.3 is 14.4 Å². The van der Waals surface area contributed by atoms with Crippen molar-refractivity contribution in [2.45, 2.75) is 11.3 Å². The van der Waals surface area contributed by atoms with Crippen LogP contribution in [0.15, 0.2) is 63.0 Å². The van der Waals surface area contributed by atoms with Crippen molar-refractivity contribution in [2.75, 3.05) is 39.4 Å². The lowest BCUT2D eigenvalue weighted by atomic mass is 10.1. The standard InChI is InChI=1S/C22H21BrN2O3S/c23-18-3-1-2-15(8-18)9-22(26)24-11-16-13-25(14-17(16)12-24)29-19-4-5-20-21(10-19)28-7-6-27-20/h1-5,8,10H,6-7,9,11-14H2. The molecule has 3 aliphatic rings. The van der Waals surface area contributed by atoms with E-state index in [1.807, 2.05) is 35.2 Å². The molecular weight excluding hydrogens is 452 g/mol. The molecule has 0 radical (unpaired) electrons. The molecule has 0 atom stereocenters. The van der Waals surface area contributed by atoms with E-state index in [1.54, 1.807) is 11.9 Å². The molecule has 3 heterocycles. The maximum atomic E-state index is 12.7. The Bertz CT molecular complexity index is 976. The van der Waals surface area contributed by atoms with E-state index in [0.717, 1.165) is 52.6 Å². The number of amides is 1. The lowest BCUT2D eigenvalue weighted by Crippen LogP contribution is -2.33. The van der Waals surface area contributed by atoms with Crippen LogP contribution in [0.4, 0.5) is 0 Å². The van der Waals surface area contributed by atoms with Gasteiger partial charge in [-0.1, -0.05) is 28.1 Å². The summed E-state index contributed by atoms with van der Waals surface area (Å²) in [6.45, 7) is 4.51. The second kappa shape index (κ2) is 8.05. The van der Waals surface area contributed by atoms with Crippen LogP contribution in [-0.4, -0.2) is 54.5 Å². The summed E-state index contributed by atoms with van der Waals surface area (Å²) < 4.78 is 14.6. The van der Waals surface area contributed by atoms with Crippen LogP contribution in [0.5, 0.6) is 11.5 Å². The van der Waals surface area contributed by atoms with Gasteiger partial charge in [-0.15, -0.1) is 0 Å². The first-order valence-electron chi connectivity index (χ1n) is 9.68. The van der Waals surface area contributed by atoms with Crippen LogP contribution in [0, 0.1) is 0 Å². The molecular formula is C22H21BrN2O3S. The fourth-order valence-electron chi connectivity index (χ4n) is 3.95. The molecule has 0 spiro atoms. The molecule has 2 aromatic rings. The maximum absolute atomic E-state index is 12.7. The van der Waals surface area contributed by atoms with Gasteiger partial charge in [0, 0.05) is 35.5 Å². The number of hydrogen-bond acceptors (Lipinski definition) is 5. The molecule has 0 aromatic heterocycles. The third kappa shape index (κ3) is 4.17. The van der Waals surface area contributed by atoms with Crippen molar-refractivity contribution in [3.05, 3.63) is 63.6 Å². The molecule has 0 unspecified atom stereocenters. The maximum Gasteiger partial charge on any atom is 0.227 e. The summed E-state index contributed by atoms with van der Waals surface area (Å²) in [5, 5.41) is 0. The van der Waals surface area contributed by atoms with Crippen LogP contribution in [0.2, 0.25) is 0 Å². The molecule has 5 rings (SSSR count). The van der Waals surface area contributed by atoms with Crippen molar-refractivity contribution in [3.8, 4) is 11.5 Å². The number of fused-ring (bicyclic) bond motifs is 1. The molecule has 0 saturated carbocycles. The van der Waals surface area contributed by atoms with Crippen LogP contribution < -0.4 is 9.47 Å². The van der Waals surface area contributed by atoms with Crippen LogP contribution in [0.3, 0.4) is 0 Å². The SMILES string of the molecule is O=C(Cc1cccc(Br)c1)N1CC2=C(CN(Sc3ccc4c(c3)OCCO4)C2)C1. The first-order chi connectivity index (χ1) is 14.1. The molecule has 0 aliphatic carbocycles. The van der Waals surface area contributed by atoms with Crippen LogP contribution in [0.1, 0.15) is 5.56 Å². The first kappa shape index (κ1) is 19.0. The largest absolute Gasteiger partial charge is 0.486 e. The Morgan fingerprint density at radius 3 is 2.48 bits per heavy atom. The van der Waals surface area contributed by atoms with Gasteiger partial charge in [0.05, 0.1) is 6.42 Å². The van der Waals surface area contributed by atoms with E-state index in [2.05, 4.69) is 32.4 Å². The topological polar surface area (TPSA) is 42.0 Å². The summed E-state index contributed by atoms with van der Waals surface area (Å²) in [4.78, 5) is 15.8. The van der Waals surface area contributed by atoms with Gasteiger partial charge in [0.15, 0.2) is 11.5 Å². The average Bonchev–Trinajstić information content (AvgIpc) is 3.27. The highest BCUT2D eigenvalue weighted by atomic mass is 79.9. The lowest BCUT2D eigenvalue weighted by molar-refractivity contribution is -0.129. The Morgan fingerprint density at radius 2 is 1.72 bits per heavy atom. The highest BCUT2D eigenvalue weighted by molar-refractivity contribution is 9.10. The highest BCUT2D eigenvalue weighted by Crippen LogP contribution is 2.38. The summed E-state index contributed by atoms with van der Waals surface area (Å²) in [5.74, 6) is 1.84. The predicted molar refractivity (Wildman–Crippen MR) is 116 cm³/mol. The van der Waals surface area contributed by atoms with Crippen LogP contribution >= 0.6 is 27.9 Å².